The molecule has 0 spiro atoms. The minimum absolute atomic E-state index is 0.0691. The summed E-state index contributed by atoms with van der Waals surface area (Å²) >= 11 is 13.4. The van der Waals surface area contributed by atoms with E-state index in [1.807, 2.05) is 19.0 Å². The number of carbonyl (C=O) groups is 2. The van der Waals surface area contributed by atoms with Gasteiger partial charge in [0.1, 0.15) is 0 Å². The SMILES string of the molecule is CN(C)CCN1C(=O)C(O)=C(C(=O)c2cccs2)[C@@H]1c1ccc(Cl)c(Cl)c1. The number of halogens is 2. The molecule has 1 N–H and O–H groups in total. The summed E-state index contributed by atoms with van der Waals surface area (Å²) in [7, 11) is 3.78. The number of benzene rings is 1. The Hall–Kier alpha value is -1.86. The molecular formula is C19H18Cl2N2O3S. The summed E-state index contributed by atoms with van der Waals surface area (Å²) in [6.07, 6.45) is 0. The van der Waals surface area contributed by atoms with Gasteiger partial charge in [-0.25, -0.2) is 0 Å². The van der Waals surface area contributed by atoms with Crippen LogP contribution >= 0.6 is 34.5 Å². The summed E-state index contributed by atoms with van der Waals surface area (Å²) in [5.41, 5.74) is 0.694. The topological polar surface area (TPSA) is 60.9 Å². The summed E-state index contributed by atoms with van der Waals surface area (Å²) < 4.78 is 0. The van der Waals surface area contributed by atoms with E-state index in [4.69, 9.17) is 23.2 Å². The molecule has 1 aromatic heterocycles. The first-order valence-corrected chi connectivity index (χ1v) is 9.86. The van der Waals surface area contributed by atoms with Gasteiger partial charge in [0.2, 0.25) is 5.78 Å². The van der Waals surface area contributed by atoms with Crippen LogP contribution in [0.5, 0.6) is 0 Å². The molecule has 27 heavy (non-hydrogen) atoms. The van der Waals surface area contributed by atoms with Crippen LogP contribution in [0.2, 0.25) is 10.0 Å². The fraction of sp³-hybridized carbons (Fsp3) is 0.263. The molecule has 1 amide bonds. The Bertz CT molecular complexity index is 910. The molecule has 2 heterocycles. The van der Waals surface area contributed by atoms with Crippen molar-refractivity contribution in [1.82, 2.24) is 9.80 Å². The van der Waals surface area contributed by atoms with Crippen molar-refractivity contribution in [3.8, 4) is 0 Å². The van der Waals surface area contributed by atoms with E-state index >= 15 is 0 Å². The molecule has 142 valence electrons. The average molecular weight is 425 g/mol. The Morgan fingerprint density at radius 3 is 2.59 bits per heavy atom. The van der Waals surface area contributed by atoms with Gasteiger partial charge in [0.15, 0.2) is 5.76 Å². The third kappa shape index (κ3) is 3.89. The number of aliphatic hydroxyl groups excluding tert-OH is 1. The van der Waals surface area contributed by atoms with Gasteiger partial charge < -0.3 is 14.9 Å². The maximum absolute atomic E-state index is 13.0. The highest BCUT2D eigenvalue weighted by Crippen LogP contribution is 2.40. The maximum Gasteiger partial charge on any atom is 0.290 e. The van der Waals surface area contributed by atoms with Crippen LogP contribution in [0.4, 0.5) is 0 Å². The Morgan fingerprint density at radius 1 is 1.26 bits per heavy atom. The Labute approximate surface area is 171 Å². The minimum atomic E-state index is -0.721. The van der Waals surface area contributed by atoms with E-state index in [1.165, 1.54) is 16.2 Å². The summed E-state index contributed by atoms with van der Waals surface area (Å²) in [6, 6.07) is 7.68. The number of amides is 1. The van der Waals surface area contributed by atoms with Crippen LogP contribution in [0.1, 0.15) is 21.3 Å². The smallest absolute Gasteiger partial charge is 0.290 e. The molecule has 1 aliphatic heterocycles. The van der Waals surface area contributed by atoms with Crippen LogP contribution in [0, 0.1) is 0 Å². The zero-order valence-corrected chi connectivity index (χ0v) is 17.1. The lowest BCUT2D eigenvalue weighted by Gasteiger charge is -2.28. The monoisotopic (exact) mass is 424 g/mol. The van der Waals surface area contributed by atoms with E-state index in [0.29, 0.717) is 33.6 Å². The van der Waals surface area contributed by atoms with Gasteiger partial charge in [-0.3, -0.25) is 9.59 Å². The average Bonchev–Trinajstić information content (AvgIpc) is 3.24. The van der Waals surface area contributed by atoms with E-state index in [0.717, 1.165) is 0 Å². The number of rotatable bonds is 6. The molecule has 0 fully saturated rings. The Morgan fingerprint density at radius 2 is 2.00 bits per heavy atom. The molecule has 0 aliphatic carbocycles. The number of likely N-dealkylation sites (N-methyl/N-ethyl adjacent to an activating group) is 1. The van der Waals surface area contributed by atoms with Gasteiger partial charge in [0, 0.05) is 13.1 Å². The molecule has 1 atom stereocenters. The van der Waals surface area contributed by atoms with Crippen molar-refractivity contribution >= 4 is 46.2 Å². The number of thiophene rings is 1. The van der Waals surface area contributed by atoms with Gasteiger partial charge >= 0.3 is 0 Å². The van der Waals surface area contributed by atoms with Crippen molar-refractivity contribution in [2.75, 3.05) is 27.2 Å². The quantitative estimate of drug-likeness (QED) is 0.705. The third-order valence-corrected chi connectivity index (χ3v) is 5.95. The molecule has 0 saturated heterocycles. The molecule has 5 nitrogen and oxygen atoms in total. The van der Waals surface area contributed by atoms with Crippen molar-refractivity contribution in [1.29, 1.82) is 0 Å². The number of aliphatic hydroxyl groups is 1. The molecule has 0 bridgehead atoms. The zero-order chi connectivity index (χ0) is 19.7. The molecule has 3 rings (SSSR count). The van der Waals surface area contributed by atoms with Crippen LogP contribution in [-0.2, 0) is 4.79 Å². The molecule has 2 aromatic rings. The normalized spacial score (nSPS) is 17.3. The third-order valence-electron chi connectivity index (χ3n) is 4.34. The predicted octanol–water partition coefficient (Wildman–Crippen LogP) is 4.19. The number of ketones is 1. The number of carbonyl (C=O) groups excluding carboxylic acids is 2. The highest BCUT2D eigenvalue weighted by Gasteiger charge is 2.43. The summed E-state index contributed by atoms with van der Waals surface area (Å²) in [4.78, 5) is 29.6. The lowest BCUT2D eigenvalue weighted by atomic mass is 9.95. The van der Waals surface area contributed by atoms with Crippen LogP contribution < -0.4 is 0 Å². The van der Waals surface area contributed by atoms with Gasteiger partial charge in [0.05, 0.1) is 26.5 Å². The standard InChI is InChI=1S/C19H18Cl2N2O3S/c1-22(2)7-8-23-16(11-5-6-12(20)13(21)10-11)15(18(25)19(23)26)17(24)14-4-3-9-27-14/h3-6,9-10,16,25H,7-8H2,1-2H3/t16-/m0/s1. The van der Waals surface area contributed by atoms with Crippen LogP contribution in [0.15, 0.2) is 47.0 Å². The molecular weight excluding hydrogens is 407 g/mol. The second-order valence-corrected chi connectivity index (χ2v) is 8.21. The molecule has 8 heteroatoms. The fourth-order valence-corrected chi connectivity index (χ4v) is 3.98. The summed E-state index contributed by atoms with van der Waals surface area (Å²) in [5.74, 6) is -1.43. The van der Waals surface area contributed by atoms with E-state index < -0.39 is 17.7 Å². The molecule has 0 saturated carbocycles. The molecule has 0 radical (unpaired) electrons. The maximum atomic E-state index is 13.0. The molecule has 0 unspecified atom stereocenters. The lowest BCUT2D eigenvalue weighted by Crippen LogP contribution is -2.36. The first kappa shape index (κ1) is 19.9. The number of hydrogen-bond donors (Lipinski definition) is 1. The number of Topliss-reactive ketones (excluding diaryl/α,β-unsaturated/α-hetero) is 1. The van der Waals surface area contributed by atoms with Gasteiger partial charge in [-0.2, -0.15) is 0 Å². The van der Waals surface area contributed by atoms with Crippen LogP contribution in [0.25, 0.3) is 0 Å². The van der Waals surface area contributed by atoms with Gasteiger partial charge in [-0.15, -0.1) is 11.3 Å². The van der Waals surface area contributed by atoms with Gasteiger partial charge in [0.25, 0.3) is 5.91 Å². The first-order chi connectivity index (χ1) is 12.8. The first-order valence-electron chi connectivity index (χ1n) is 8.23. The summed E-state index contributed by atoms with van der Waals surface area (Å²) in [5, 5.41) is 13.0. The summed E-state index contributed by atoms with van der Waals surface area (Å²) in [6.45, 7) is 0.930. The molecule has 1 aromatic carbocycles. The van der Waals surface area contributed by atoms with Crippen molar-refractivity contribution in [2.45, 2.75) is 6.04 Å². The van der Waals surface area contributed by atoms with Gasteiger partial charge in [-0.1, -0.05) is 35.3 Å². The number of nitrogens with zero attached hydrogens (tertiary/aromatic N) is 2. The second-order valence-electron chi connectivity index (χ2n) is 6.45. The second kappa shape index (κ2) is 8.02. The molecule has 1 aliphatic rings. The highest BCUT2D eigenvalue weighted by atomic mass is 35.5. The van der Waals surface area contributed by atoms with Crippen LogP contribution in [-0.4, -0.2) is 53.8 Å². The Kier molecular flexibility index (Phi) is 5.91. The van der Waals surface area contributed by atoms with Crippen molar-refractivity contribution in [2.24, 2.45) is 0 Å². The van der Waals surface area contributed by atoms with E-state index in [2.05, 4.69) is 0 Å². The number of hydrogen-bond acceptors (Lipinski definition) is 5. The van der Waals surface area contributed by atoms with Crippen molar-refractivity contribution in [3.63, 3.8) is 0 Å². The van der Waals surface area contributed by atoms with E-state index in [1.54, 1.807) is 35.7 Å². The minimum Gasteiger partial charge on any atom is -0.503 e. The van der Waals surface area contributed by atoms with E-state index in [9.17, 15) is 14.7 Å². The zero-order valence-electron chi connectivity index (χ0n) is 14.8. The fourth-order valence-electron chi connectivity index (χ4n) is 2.99. The van der Waals surface area contributed by atoms with Gasteiger partial charge in [-0.05, 0) is 43.2 Å². The highest BCUT2D eigenvalue weighted by molar-refractivity contribution is 7.12. The van der Waals surface area contributed by atoms with Crippen molar-refractivity contribution in [3.05, 3.63) is 67.5 Å². The lowest BCUT2D eigenvalue weighted by molar-refractivity contribution is -0.129. The largest absolute Gasteiger partial charge is 0.503 e. The van der Waals surface area contributed by atoms with Crippen molar-refractivity contribution < 1.29 is 14.7 Å². The predicted molar refractivity (Wildman–Crippen MR) is 108 cm³/mol. The Balaban J connectivity index is 2.08. The van der Waals surface area contributed by atoms with Crippen LogP contribution in [0.3, 0.4) is 0 Å². The van der Waals surface area contributed by atoms with E-state index in [-0.39, 0.29) is 11.4 Å².